The molecule has 0 saturated heterocycles. The Morgan fingerprint density at radius 3 is 2.22 bits per heavy atom. The minimum Gasteiger partial charge on any atom is -0.397 e. The first-order valence-corrected chi connectivity index (χ1v) is 5.71. The van der Waals surface area contributed by atoms with Crippen LogP contribution in [0, 0.1) is 35.7 Å². The zero-order valence-electron chi connectivity index (χ0n) is 9.22. The van der Waals surface area contributed by atoms with E-state index in [-0.39, 0.29) is 21.0 Å². The zero-order chi connectivity index (χ0) is 13.4. The van der Waals surface area contributed by atoms with Gasteiger partial charge in [-0.05, 0) is 12.5 Å². The molecule has 0 saturated carbocycles. The summed E-state index contributed by atoms with van der Waals surface area (Å²) in [6, 6.07) is 3.05. The first-order valence-electron chi connectivity index (χ1n) is 4.89. The SMILES string of the molecule is Cc1c(-c2c(F)cc(F)cc2F)sc(C#N)c1N. The van der Waals surface area contributed by atoms with Crippen LogP contribution in [0.4, 0.5) is 18.9 Å². The van der Waals surface area contributed by atoms with Gasteiger partial charge in [0.25, 0.3) is 0 Å². The fourth-order valence-corrected chi connectivity index (χ4v) is 2.68. The minimum absolute atomic E-state index is 0.186. The van der Waals surface area contributed by atoms with Crippen molar-refractivity contribution in [1.82, 2.24) is 0 Å². The van der Waals surface area contributed by atoms with E-state index in [1.165, 1.54) is 0 Å². The third kappa shape index (κ3) is 1.83. The molecule has 6 heteroatoms. The molecule has 0 aliphatic carbocycles. The number of thiophene rings is 1. The maximum absolute atomic E-state index is 13.6. The van der Waals surface area contributed by atoms with Crippen molar-refractivity contribution < 1.29 is 13.2 Å². The lowest BCUT2D eigenvalue weighted by Gasteiger charge is -2.04. The maximum atomic E-state index is 13.6. The lowest BCUT2D eigenvalue weighted by Crippen LogP contribution is -1.93. The predicted octanol–water partition coefficient (Wildman–Crippen LogP) is 3.59. The van der Waals surface area contributed by atoms with Gasteiger partial charge in [-0.25, -0.2) is 13.2 Å². The van der Waals surface area contributed by atoms with Gasteiger partial charge in [-0.2, -0.15) is 5.26 Å². The average Bonchev–Trinajstić information content (AvgIpc) is 2.56. The molecule has 0 aliphatic rings. The van der Waals surface area contributed by atoms with Crippen LogP contribution >= 0.6 is 11.3 Å². The van der Waals surface area contributed by atoms with E-state index >= 15 is 0 Å². The quantitative estimate of drug-likeness (QED) is 0.859. The molecule has 0 fully saturated rings. The molecule has 1 aromatic heterocycles. The van der Waals surface area contributed by atoms with Gasteiger partial charge in [0, 0.05) is 17.0 Å². The first kappa shape index (κ1) is 12.5. The third-order valence-corrected chi connectivity index (χ3v) is 3.76. The molecule has 2 nitrogen and oxygen atoms in total. The maximum Gasteiger partial charge on any atom is 0.137 e. The number of rotatable bonds is 1. The Hall–Kier alpha value is -2.00. The number of nitrogens with two attached hydrogens (primary N) is 1. The predicted molar refractivity (Wildman–Crippen MR) is 63.5 cm³/mol. The van der Waals surface area contributed by atoms with Gasteiger partial charge >= 0.3 is 0 Å². The molecule has 1 aromatic carbocycles. The Morgan fingerprint density at radius 2 is 1.78 bits per heavy atom. The minimum atomic E-state index is -1.01. The summed E-state index contributed by atoms with van der Waals surface area (Å²) >= 11 is 0.885. The van der Waals surface area contributed by atoms with E-state index in [0.717, 1.165) is 11.3 Å². The van der Waals surface area contributed by atoms with Crippen molar-refractivity contribution in [1.29, 1.82) is 5.26 Å². The van der Waals surface area contributed by atoms with Gasteiger partial charge in [-0.15, -0.1) is 11.3 Å². The van der Waals surface area contributed by atoms with Crippen molar-refractivity contribution in [2.45, 2.75) is 6.92 Å². The molecule has 0 spiro atoms. The first-order chi connectivity index (χ1) is 8.45. The summed E-state index contributed by atoms with van der Waals surface area (Å²) in [5.74, 6) is -3.01. The fourth-order valence-electron chi connectivity index (χ4n) is 1.61. The van der Waals surface area contributed by atoms with Crippen LogP contribution in [0.15, 0.2) is 12.1 Å². The van der Waals surface area contributed by atoms with Crippen LogP contribution in [-0.4, -0.2) is 0 Å². The molecule has 0 amide bonds. The van der Waals surface area contributed by atoms with Crippen LogP contribution < -0.4 is 5.73 Å². The van der Waals surface area contributed by atoms with Gasteiger partial charge in [-0.1, -0.05) is 0 Å². The monoisotopic (exact) mass is 268 g/mol. The number of anilines is 1. The lowest BCUT2D eigenvalue weighted by molar-refractivity contribution is 0.548. The fraction of sp³-hybridized carbons (Fsp3) is 0.0833. The van der Waals surface area contributed by atoms with Crippen molar-refractivity contribution in [3.8, 4) is 16.5 Å². The van der Waals surface area contributed by atoms with Crippen molar-refractivity contribution in [3.63, 3.8) is 0 Å². The van der Waals surface area contributed by atoms with E-state index in [1.54, 1.807) is 6.92 Å². The smallest absolute Gasteiger partial charge is 0.137 e. The zero-order valence-corrected chi connectivity index (χ0v) is 10.0. The molecule has 92 valence electrons. The summed E-state index contributed by atoms with van der Waals surface area (Å²) in [5.41, 5.74) is 5.91. The van der Waals surface area contributed by atoms with E-state index in [1.807, 2.05) is 6.07 Å². The molecule has 0 aliphatic heterocycles. The number of hydrogen-bond donors (Lipinski definition) is 1. The van der Waals surface area contributed by atoms with E-state index in [0.29, 0.717) is 17.7 Å². The molecule has 2 aromatic rings. The van der Waals surface area contributed by atoms with E-state index in [2.05, 4.69) is 0 Å². The number of halogens is 3. The van der Waals surface area contributed by atoms with E-state index < -0.39 is 17.5 Å². The number of nitrogen functional groups attached to an aromatic ring is 1. The van der Waals surface area contributed by atoms with Crippen LogP contribution in [0.2, 0.25) is 0 Å². The molecular weight excluding hydrogens is 261 g/mol. The summed E-state index contributed by atoms with van der Waals surface area (Å²) in [4.78, 5) is 0.393. The van der Waals surface area contributed by atoms with Crippen molar-refractivity contribution >= 4 is 17.0 Å². The highest BCUT2D eigenvalue weighted by atomic mass is 32.1. The Morgan fingerprint density at radius 1 is 1.22 bits per heavy atom. The largest absolute Gasteiger partial charge is 0.397 e. The number of nitrogens with zero attached hydrogens (tertiary/aromatic N) is 1. The standard InChI is InChI=1S/C12H7F3N2S/c1-5-11(17)9(4-16)18-12(5)10-7(14)2-6(13)3-8(10)15/h2-3H,17H2,1H3. The van der Waals surface area contributed by atoms with Gasteiger partial charge in [0.2, 0.25) is 0 Å². The van der Waals surface area contributed by atoms with Crippen molar-refractivity contribution in [2.75, 3.05) is 5.73 Å². The number of hydrogen-bond acceptors (Lipinski definition) is 3. The normalized spacial score (nSPS) is 10.4. The number of nitriles is 1. The second kappa shape index (κ2) is 4.35. The average molecular weight is 268 g/mol. The second-order valence-electron chi connectivity index (χ2n) is 3.66. The van der Waals surface area contributed by atoms with Gasteiger partial charge in [0.05, 0.1) is 11.3 Å². The Bertz CT molecular complexity index is 648. The van der Waals surface area contributed by atoms with Gasteiger partial charge in [-0.3, -0.25) is 0 Å². The Balaban J connectivity index is 2.75. The molecule has 0 atom stereocenters. The highest BCUT2D eigenvalue weighted by molar-refractivity contribution is 7.16. The molecule has 0 bridgehead atoms. The van der Waals surface area contributed by atoms with Crippen molar-refractivity contribution in [2.24, 2.45) is 0 Å². The molecule has 2 rings (SSSR count). The summed E-state index contributed by atoms with van der Waals surface area (Å²) in [6.45, 7) is 1.56. The van der Waals surface area contributed by atoms with Crippen LogP contribution in [0.3, 0.4) is 0 Å². The molecule has 1 heterocycles. The summed E-state index contributed by atoms with van der Waals surface area (Å²) < 4.78 is 40.1. The number of benzene rings is 1. The van der Waals surface area contributed by atoms with Crippen LogP contribution in [-0.2, 0) is 0 Å². The molecular formula is C12H7F3N2S. The topological polar surface area (TPSA) is 49.8 Å². The van der Waals surface area contributed by atoms with E-state index in [9.17, 15) is 13.2 Å². The Kier molecular flexibility index (Phi) is 3.01. The van der Waals surface area contributed by atoms with Crippen LogP contribution in [0.5, 0.6) is 0 Å². The van der Waals surface area contributed by atoms with Crippen LogP contribution in [0.25, 0.3) is 10.4 Å². The van der Waals surface area contributed by atoms with Gasteiger partial charge < -0.3 is 5.73 Å². The molecule has 0 radical (unpaired) electrons. The Labute approximate surface area is 105 Å². The second-order valence-corrected chi connectivity index (χ2v) is 4.68. The van der Waals surface area contributed by atoms with Gasteiger partial charge in [0.15, 0.2) is 0 Å². The highest BCUT2D eigenvalue weighted by Crippen LogP contribution is 2.40. The molecule has 18 heavy (non-hydrogen) atoms. The van der Waals surface area contributed by atoms with Gasteiger partial charge in [0.1, 0.15) is 28.4 Å². The van der Waals surface area contributed by atoms with E-state index in [4.69, 9.17) is 11.0 Å². The molecule has 0 unspecified atom stereocenters. The molecule has 2 N–H and O–H groups in total. The third-order valence-electron chi connectivity index (χ3n) is 2.53. The highest BCUT2D eigenvalue weighted by Gasteiger charge is 2.20. The van der Waals surface area contributed by atoms with Crippen LogP contribution in [0.1, 0.15) is 10.4 Å². The summed E-state index contributed by atoms with van der Waals surface area (Å²) in [6.07, 6.45) is 0. The summed E-state index contributed by atoms with van der Waals surface area (Å²) in [7, 11) is 0. The lowest BCUT2D eigenvalue weighted by atomic mass is 10.1. The van der Waals surface area contributed by atoms with Crippen molar-refractivity contribution in [3.05, 3.63) is 40.0 Å². The summed E-state index contributed by atoms with van der Waals surface area (Å²) in [5, 5.41) is 8.82.